The molecule has 164 valence electrons. The van der Waals surface area contributed by atoms with E-state index in [0.717, 1.165) is 28.5 Å². The molecule has 4 aromatic heterocycles. The van der Waals surface area contributed by atoms with E-state index in [2.05, 4.69) is 51.0 Å². The second-order valence-electron chi connectivity index (χ2n) is 7.68. The van der Waals surface area contributed by atoms with Crippen molar-refractivity contribution in [2.45, 2.75) is 11.9 Å². The lowest BCUT2D eigenvalue weighted by Gasteiger charge is -2.13. The molecule has 9 heteroatoms. The highest BCUT2D eigenvalue weighted by Gasteiger charge is 2.20. The highest BCUT2D eigenvalue weighted by Crippen LogP contribution is 2.27. The van der Waals surface area contributed by atoms with E-state index in [1.54, 1.807) is 23.3 Å². The van der Waals surface area contributed by atoms with Crippen molar-refractivity contribution in [3.8, 4) is 22.3 Å². The number of fused-ring (bicyclic) bond motifs is 1. The third kappa shape index (κ3) is 4.11. The number of anilines is 1. The van der Waals surface area contributed by atoms with Gasteiger partial charge in [0.05, 0.1) is 6.20 Å². The van der Waals surface area contributed by atoms with Crippen molar-refractivity contribution in [3.63, 3.8) is 0 Å². The highest BCUT2D eigenvalue weighted by atomic mass is 32.2. The first-order chi connectivity index (χ1) is 16.0. The quantitative estimate of drug-likeness (QED) is 0.294. The fourth-order valence-corrected chi connectivity index (χ4v) is 4.51. The van der Waals surface area contributed by atoms with Crippen LogP contribution >= 0.6 is 0 Å². The lowest BCUT2D eigenvalue weighted by Crippen LogP contribution is -2.16. The average Bonchev–Trinajstić information content (AvgIpc) is 3.45. The van der Waals surface area contributed by atoms with Gasteiger partial charge in [-0.25, -0.2) is 4.98 Å². The van der Waals surface area contributed by atoms with E-state index in [9.17, 15) is 4.55 Å². The molecule has 33 heavy (non-hydrogen) atoms. The highest BCUT2D eigenvalue weighted by molar-refractivity contribution is 7.92. The van der Waals surface area contributed by atoms with Crippen LogP contribution in [0.25, 0.3) is 27.9 Å². The molecule has 0 aliphatic heterocycles. The average molecular weight is 456 g/mol. The molecule has 5 rings (SSSR count). The molecule has 0 amide bonds. The number of pyridine rings is 2. The van der Waals surface area contributed by atoms with Crippen molar-refractivity contribution in [1.29, 1.82) is 5.41 Å². The first-order valence-electron chi connectivity index (χ1n) is 10.2. The first kappa shape index (κ1) is 20.9. The van der Waals surface area contributed by atoms with Crippen LogP contribution in [-0.2, 0) is 18.4 Å². The van der Waals surface area contributed by atoms with Crippen molar-refractivity contribution in [1.82, 2.24) is 24.1 Å². The maximum Gasteiger partial charge on any atom is 0.276 e. The summed E-state index contributed by atoms with van der Waals surface area (Å²) in [6.45, 7) is 2.05. The van der Waals surface area contributed by atoms with Crippen LogP contribution < -0.4 is 4.72 Å². The second kappa shape index (κ2) is 8.53. The molecule has 2 N–H and O–H groups in total. The molecule has 0 saturated carbocycles. The van der Waals surface area contributed by atoms with Gasteiger partial charge in [0.2, 0.25) is 0 Å². The van der Waals surface area contributed by atoms with Crippen LogP contribution in [0.2, 0.25) is 0 Å². The number of rotatable bonds is 6. The molecule has 1 atom stereocenters. The summed E-state index contributed by atoms with van der Waals surface area (Å²) in [5, 5.41) is 12.4. The zero-order chi connectivity index (χ0) is 22.9. The number of aromatic nitrogens is 5. The van der Waals surface area contributed by atoms with E-state index < -0.39 is 11.4 Å². The van der Waals surface area contributed by atoms with E-state index in [1.807, 2.05) is 42.0 Å². The molecule has 0 spiro atoms. The van der Waals surface area contributed by atoms with Crippen LogP contribution in [0.1, 0.15) is 11.3 Å². The summed E-state index contributed by atoms with van der Waals surface area (Å²) >= 11 is -1.63. The molecule has 1 aromatic carbocycles. The second-order valence-corrected chi connectivity index (χ2v) is 8.84. The summed E-state index contributed by atoms with van der Waals surface area (Å²) in [5.41, 5.74) is 6.54. The Balaban J connectivity index is 1.49. The number of nitrogens with zero attached hydrogens (tertiary/aromatic N) is 5. The predicted molar refractivity (Wildman–Crippen MR) is 130 cm³/mol. The third-order valence-electron chi connectivity index (χ3n) is 5.34. The SMILES string of the molecule is Cc1ccc(-c2ccc3ncc([S+]([O-])Nc4cc(-c5cnn(C)c5)cnc4C=N)n3c2)cc1. The van der Waals surface area contributed by atoms with Gasteiger partial charge in [0.1, 0.15) is 34.6 Å². The zero-order valence-electron chi connectivity index (χ0n) is 18.1. The first-order valence-corrected chi connectivity index (χ1v) is 11.4. The van der Waals surface area contributed by atoms with Gasteiger partial charge in [-0.1, -0.05) is 29.8 Å². The lowest BCUT2D eigenvalue weighted by molar-refractivity contribution is 0.595. The Morgan fingerprint density at radius 1 is 0.939 bits per heavy atom. The fraction of sp³-hybridized carbons (Fsp3) is 0.0833. The molecular formula is C24H21N7OS. The van der Waals surface area contributed by atoms with E-state index in [-0.39, 0.29) is 0 Å². The van der Waals surface area contributed by atoms with Crippen molar-refractivity contribution in [3.05, 3.63) is 84.7 Å². The number of hydrogen-bond donors (Lipinski definition) is 2. The lowest BCUT2D eigenvalue weighted by atomic mass is 10.1. The van der Waals surface area contributed by atoms with Gasteiger partial charge < -0.3 is 9.96 Å². The Bertz CT molecular complexity index is 1460. The standard InChI is InChI=1S/C24H21N7OS/c1-16-3-5-17(6-4-16)18-7-8-23-27-13-24(31(23)15-18)33(32)29-21-9-19(11-26-22(21)10-25)20-12-28-30(2)14-20/h3-15,25,29H,1-2H3. The number of aryl methyl sites for hydroxylation is 2. The van der Waals surface area contributed by atoms with Crippen molar-refractivity contribution in [2.24, 2.45) is 7.05 Å². The maximum atomic E-state index is 13.3. The van der Waals surface area contributed by atoms with Gasteiger partial charge in [0, 0.05) is 43.0 Å². The van der Waals surface area contributed by atoms with Gasteiger partial charge in [-0.3, -0.25) is 14.1 Å². The number of nitrogens with one attached hydrogen (secondary N) is 2. The van der Waals surface area contributed by atoms with Crippen LogP contribution in [0.15, 0.2) is 78.5 Å². The van der Waals surface area contributed by atoms with Crippen LogP contribution in [0.5, 0.6) is 0 Å². The minimum Gasteiger partial charge on any atom is -0.587 e. The summed E-state index contributed by atoms with van der Waals surface area (Å²) in [6.07, 6.45) is 9.95. The molecule has 8 nitrogen and oxygen atoms in total. The van der Waals surface area contributed by atoms with Crippen LogP contribution in [0.3, 0.4) is 0 Å². The molecule has 0 bridgehead atoms. The molecule has 0 fully saturated rings. The van der Waals surface area contributed by atoms with E-state index in [1.165, 1.54) is 5.56 Å². The fourth-order valence-electron chi connectivity index (χ4n) is 3.56. The Kier molecular flexibility index (Phi) is 5.41. The van der Waals surface area contributed by atoms with Gasteiger partial charge in [0.25, 0.3) is 5.03 Å². The molecule has 5 aromatic rings. The Labute approximate surface area is 193 Å². The topological polar surface area (TPSA) is 107 Å². The van der Waals surface area contributed by atoms with Gasteiger partial charge in [-0.2, -0.15) is 9.82 Å². The van der Waals surface area contributed by atoms with Crippen LogP contribution in [0.4, 0.5) is 5.69 Å². The normalized spacial score (nSPS) is 12.1. The smallest absolute Gasteiger partial charge is 0.276 e. The number of hydrogen-bond acceptors (Lipinski definition) is 6. The molecule has 0 aliphatic carbocycles. The summed E-state index contributed by atoms with van der Waals surface area (Å²) in [7, 11) is 1.84. The Morgan fingerprint density at radius 3 is 2.45 bits per heavy atom. The maximum absolute atomic E-state index is 13.3. The molecule has 1 unspecified atom stereocenters. The monoisotopic (exact) mass is 455 g/mol. The minimum atomic E-state index is -1.63. The van der Waals surface area contributed by atoms with Gasteiger partial charge >= 0.3 is 0 Å². The predicted octanol–water partition coefficient (Wildman–Crippen LogP) is 4.24. The Morgan fingerprint density at radius 2 is 1.73 bits per heavy atom. The molecule has 0 aliphatic rings. The van der Waals surface area contributed by atoms with E-state index in [4.69, 9.17) is 5.41 Å². The summed E-state index contributed by atoms with van der Waals surface area (Å²) < 4.78 is 19.9. The van der Waals surface area contributed by atoms with Crippen molar-refractivity contribution < 1.29 is 4.55 Å². The van der Waals surface area contributed by atoms with Crippen molar-refractivity contribution in [2.75, 3.05) is 4.72 Å². The molecular weight excluding hydrogens is 434 g/mol. The van der Waals surface area contributed by atoms with E-state index in [0.29, 0.717) is 22.1 Å². The minimum absolute atomic E-state index is 0.394. The van der Waals surface area contributed by atoms with Gasteiger partial charge in [-0.15, -0.1) is 0 Å². The molecule has 0 saturated heterocycles. The van der Waals surface area contributed by atoms with Gasteiger partial charge in [0.15, 0.2) is 0 Å². The van der Waals surface area contributed by atoms with Crippen molar-refractivity contribution >= 4 is 28.9 Å². The largest absolute Gasteiger partial charge is 0.587 e. The van der Waals surface area contributed by atoms with E-state index >= 15 is 0 Å². The van der Waals surface area contributed by atoms with Crippen LogP contribution in [-0.4, -0.2) is 34.9 Å². The number of imidazole rings is 1. The number of benzene rings is 1. The summed E-state index contributed by atoms with van der Waals surface area (Å²) in [5.74, 6) is 0. The Hall–Kier alpha value is -3.95. The van der Waals surface area contributed by atoms with Crippen LogP contribution in [0, 0.1) is 12.3 Å². The van der Waals surface area contributed by atoms with Gasteiger partial charge in [-0.05, 0) is 36.2 Å². The molecule has 0 radical (unpaired) electrons. The third-order valence-corrected chi connectivity index (χ3v) is 6.43. The zero-order valence-corrected chi connectivity index (χ0v) is 18.9. The molecule has 4 heterocycles. The summed E-state index contributed by atoms with van der Waals surface area (Å²) in [6, 6.07) is 14.0. The summed E-state index contributed by atoms with van der Waals surface area (Å²) in [4.78, 5) is 8.74.